The zero-order valence-corrected chi connectivity index (χ0v) is 86.3. The van der Waals surface area contributed by atoms with Crippen molar-refractivity contribution in [3.63, 3.8) is 0 Å². The van der Waals surface area contributed by atoms with E-state index in [4.69, 9.17) is 18.9 Å². The molecule has 0 aliphatic carbocycles. The van der Waals surface area contributed by atoms with Gasteiger partial charge >= 0.3 is 23.9 Å². The molecule has 2 amide bonds. The molecule has 0 aromatic heterocycles. The van der Waals surface area contributed by atoms with Crippen molar-refractivity contribution in [2.45, 2.75) is 608 Å². The summed E-state index contributed by atoms with van der Waals surface area (Å²) in [5.74, 6) is -0.659. The number of carbonyl (C=O) groups is 6. The average Bonchev–Trinajstić information content (AvgIpc) is 0.877. The number of carbonyl (C=O) groups excluding carboxylic acids is 6. The smallest absolute Gasteiger partial charge is 0.311 e. The average molecular weight is 1780 g/mol. The van der Waals surface area contributed by atoms with Gasteiger partial charge in [-0.1, -0.05) is 389 Å². The van der Waals surface area contributed by atoms with Gasteiger partial charge in [-0.25, -0.2) is 0 Å². The highest BCUT2D eigenvalue weighted by atomic mass is 16.6. The fourth-order valence-electron chi connectivity index (χ4n) is 18.0. The normalized spacial score (nSPS) is 12.1. The van der Waals surface area contributed by atoms with E-state index in [0.717, 1.165) is 257 Å². The molecule has 0 atom stereocenters. The van der Waals surface area contributed by atoms with Gasteiger partial charge in [-0.15, -0.1) is 0 Å². The molecule has 126 heavy (non-hydrogen) atoms. The first-order valence-electron chi connectivity index (χ1n) is 55.8. The number of ether oxygens (including phenoxy) is 4. The Morgan fingerprint density at radius 3 is 0.635 bits per heavy atom. The van der Waals surface area contributed by atoms with E-state index in [1.807, 2.05) is 0 Å². The summed E-state index contributed by atoms with van der Waals surface area (Å²) < 4.78 is 25.2. The second-order valence-corrected chi connectivity index (χ2v) is 40.5. The molecule has 0 rings (SSSR count). The molecule has 744 valence electrons. The van der Waals surface area contributed by atoms with Gasteiger partial charge in [-0.05, 0) is 208 Å². The van der Waals surface area contributed by atoms with Gasteiger partial charge in [0.1, 0.15) is 24.4 Å². The lowest BCUT2D eigenvalue weighted by Gasteiger charge is -2.27. The molecule has 0 fully saturated rings. The van der Waals surface area contributed by atoms with E-state index >= 15 is 0 Å². The van der Waals surface area contributed by atoms with Crippen LogP contribution in [0.4, 0.5) is 0 Å². The molecule has 0 saturated carbocycles. The molecule has 0 spiro atoms. The summed E-state index contributed by atoms with van der Waals surface area (Å²) in [4.78, 5) is 86.1. The lowest BCUT2D eigenvalue weighted by atomic mass is 9.86. The Hall–Kier alpha value is -3.52. The van der Waals surface area contributed by atoms with E-state index in [2.05, 4.69) is 104 Å². The molecule has 0 aliphatic heterocycles. The van der Waals surface area contributed by atoms with Crippen LogP contribution in [0.1, 0.15) is 584 Å². The summed E-state index contributed by atoms with van der Waals surface area (Å²) in [6.07, 6.45) is 91.5. The first-order valence-corrected chi connectivity index (χ1v) is 55.8. The van der Waals surface area contributed by atoms with Gasteiger partial charge in [-0.3, -0.25) is 28.8 Å². The van der Waals surface area contributed by atoms with Crippen LogP contribution in [0.25, 0.3) is 0 Å². The second-order valence-electron chi connectivity index (χ2n) is 40.5. The molecule has 0 unspecified atom stereocenters. The summed E-state index contributed by atoms with van der Waals surface area (Å²) in [6.45, 7) is 32.5. The SMILES string of the molecule is CCCCCCCCC(CCCCCCCC)OC(=O)CCCCCCCN(CCCCCCCC(=O)OC(CCCCCCCC)CCCCCCCC)CCNC(=O)/C=C/C(=O)NCCN(CCCCCCC(C)(C)C(=O)OC(CCCCCCCC)CCCCCCCC)CCCCCCC(C)(C)C(=O)OC(CCCCCCCC)CCCCCCCC. The highest BCUT2D eigenvalue weighted by molar-refractivity contribution is 5.96. The maximum atomic E-state index is 13.9. The zero-order valence-electron chi connectivity index (χ0n) is 86.3. The van der Waals surface area contributed by atoms with E-state index in [9.17, 15) is 28.8 Å². The Bertz CT molecular complexity index is 2230. The lowest BCUT2D eigenvalue weighted by molar-refractivity contribution is -0.161. The van der Waals surface area contributed by atoms with Crippen LogP contribution in [-0.4, -0.2) is 122 Å². The third-order valence-electron chi connectivity index (χ3n) is 26.9. The minimum atomic E-state index is -0.529. The Kier molecular flexibility index (Phi) is 89.4. The van der Waals surface area contributed by atoms with Crippen molar-refractivity contribution in [2.24, 2.45) is 10.8 Å². The van der Waals surface area contributed by atoms with E-state index < -0.39 is 10.8 Å². The summed E-state index contributed by atoms with van der Waals surface area (Å²) in [5.41, 5.74) is -1.06. The monoisotopic (exact) mass is 1780 g/mol. The molecule has 0 aromatic carbocycles. The van der Waals surface area contributed by atoms with Gasteiger partial charge in [-0.2, -0.15) is 0 Å². The molecule has 0 aliphatic rings. The van der Waals surface area contributed by atoms with Crippen LogP contribution in [0.5, 0.6) is 0 Å². The van der Waals surface area contributed by atoms with Crippen molar-refractivity contribution in [1.82, 2.24) is 20.4 Å². The highest BCUT2D eigenvalue weighted by Gasteiger charge is 2.33. The number of unbranched alkanes of at least 4 members (excludes halogenated alkanes) is 54. The number of amides is 2. The number of hydrogen-bond acceptors (Lipinski definition) is 12. The molecule has 0 bridgehead atoms. The maximum Gasteiger partial charge on any atom is 0.311 e. The largest absolute Gasteiger partial charge is 0.462 e. The first kappa shape index (κ1) is 122. The molecule has 0 saturated heterocycles. The minimum Gasteiger partial charge on any atom is -0.462 e. The van der Waals surface area contributed by atoms with Crippen LogP contribution in [-0.2, 0) is 47.7 Å². The van der Waals surface area contributed by atoms with Crippen LogP contribution in [0.15, 0.2) is 12.2 Å². The van der Waals surface area contributed by atoms with Gasteiger partial charge in [0.2, 0.25) is 11.8 Å². The Labute approximate surface area is 783 Å². The quantitative estimate of drug-likeness (QED) is 0.0256. The van der Waals surface area contributed by atoms with Crippen molar-refractivity contribution in [1.29, 1.82) is 0 Å². The van der Waals surface area contributed by atoms with Crippen LogP contribution in [0.2, 0.25) is 0 Å². The molecule has 14 heteroatoms. The minimum absolute atomic E-state index is 0.0146. The molecule has 2 N–H and O–H groups in total. The van der Waals surface area contributed by atoms with E-state index in [1.54, 1.807) is 0 Å². The summed E-state index contributed by atoms with van der Waals surface area (Å²) in [5, 5.41) is 6.19. The number of nitrogens with one attached hydrogen (secondary N) is 2. The van der Waals surface area contributed by atoms with E-state index in [0.29, 0.717) is 39.0 Å². The molecular weight excluding hydrogens is 1560 g/mol. The fourth-order valence-corrected chi connectivity index (χ4v) is 18.0. The topological polar surface area (TPSA) is 170 Å². The predicted molar refractivity (Wildman–Crippen MR) is 541 cm³/mol. The molecule has 0 radical (unpaired) electrons. The number of rotatable bonds is 100. The van der Waals surface area contributed by atoms with Gasteiger partial charge in [0, 0.05) is 51.2 Å². The highest BCUT2D eigenvalue weighted by Crippen LogP contribution is 2.32. The van der Waals surface area contributed by atoms with Gasteiger partial charge in [0.15, 0.2) is 0 Å². The zero-order chi connectivity index (χ0) is 92.4. The van der Waals surface area contributed by atoms with Crippen LogP contribution < -0.4 is 10.6 Å². The van der Waals surface area contributed by atoms with E-state index in [-0.39, 0.29) is 60.1 Å². The van der Waals surface area contributed by atoms with Crippen molar-refractivity contribution in [2.75, 3.05) is 52.4 Å². The van der Waals surface area contributed by atoms with Gasteiger partial charge < -0.3 is 39.4 Å². The van der Waals surface area contributed by atoms with Crippen molar-refractivity contribution >= 4 is 35.7 Å². The Morgan fingerprint density at radius 2 is 0.413 bits per heavy atom. The standard InChI is InChI=1S/C112H216N4O10/c1-13-21-29-37-47-63-79-101(80-64-48-38-30-22-14-2)123-107(119)87-71-55-45-59-75-95-115(96-76-60-46-56-72-88-108(120)124-102(81-65-49-39-31-23-15-3)82-66-50-40-32-24-16-4)99-93-113-105(117)89-90-106(118)114-94-100-116(97-77-61-57-73-91-111(9,10)109(121)125-103(83-67-51-41-33-25-17-5)84-68-52-42-34-26-18-6)98-78-62-58-74-92-112(11,12)110(122)126-104(85-69-53-43-35-27-19-7)86-70-54-44-36-28-20-8/h89-90,101-104H,13-88,91-100H2,1-12H3,(H,113,117)(H,114,118)/b90-89+. The van der Waals surface area contributed by atoms with Gasteiger partial charge in [0.05, 0.1) is 10.8 Å². The third kappa shape index (κ3) is 81.3. The summed E-state index contributed by atoms with van der Waals surface area (Å²) >= 11 is 0. The number of nitrogens with zero attached hydrogens (tertiary/aromatic N) is 2. The second kappa shape index (κ2) is 92.0. The van der Waals surface area contributed by atoms with Crippen molar-refractivity contribution in [3.05, 3.63) is 12.2 Å². The number of esters is 4. The van der Waals surface area contributed by atoms with Crippen LogP contribution >= 0.6 is 0 Å². The lowest BCUT2D eigenvalue weighted by Crippen LogP contribution is -2.36. The van der Waals surface area contributed by atoms with Crippen molar-refractivity contribution < 1.29 is 47.7 Å². The third-order valence-corrected chi connectivity index (χ3v) is 26.9. The molecule has 0 aromatic rings. The van der Waals surface area contributed by atoms with Crippen molar-refractivity contribution in [3.8, 4) is 0 Å². The summed E-state index contributed by atoms with van der Waals surface area (Å²) in [7, 11) is 0. The van der Waals surface area contributed by atoms with E-state index in [1.165, 1.54) is 269 Å². The number of hydrogen-bond donors (Lipinski definition) is 2. The first-order chi connectivity index (χ1) is 61.3. The van der Waals surface area contributed by atoms with Crippen LogP contribution in [0.3, 0.4) is 0 Å². The molecular formula is C112H216N4O10. The molecule has 0 heterocycles. The Balaban J connectivity index is 6.09. The predicted octanol–water partition coefficient (Wildman–Crippen LogP) is 32.7. The maximum absolute atomic E-state index is 13.9. The van der Waals surface area contributed by atoms with Crippen LogP contribution in [0, 0.1) is 10.8 Å². The molecule has 14 nitrogen and oxygen atoms in total. The van der Waals surface area contributed by atoms with Gasteiger partial charge in [0.25, 0.3) is 0 Å². The summed E-state index contributed by atoms with van der Waals surface area (Å²) in [6, 6.07) is 0. The fraction of sp³-hybridized carbons (Fsp3) is 0.929. The Morgan fingerprint density at radius 1 is 0.230 bits per heavy atom.